The van der Waals surface area contributed by atoms with Crippen LogP contribution in [0.15, 0.2) is 17.9 Å². The fourth-order valence-corrected chi connectivity index (χ4v) is 1.44. The fourth-order valence-electron chi connectivity index (χ4n) is 0.852. The van der Waals surface area contributed by atoms with Gasteiger partial charge in [0.25, 0.3) is 0 Å². The van der Waals surface area contributed by atoms with Gasteiger partial charge in [0.15, 0.2) is 0 Å². The predicted molar refractivity (Wildman–Crippen MR) is 41.8 cm³/mol. The number of nitrogens with zero attached hydrogens (tertiary/aromatic N) is 4. The Labute approximate surface area is 67.5 Å². The molecule has 0 bridgehead atoms. The van der Waals surface area contributed by atoms with E-state index in [0.717, 1.165) is 11.0 Å². The molecule has 0 spiro atoms. The van der Waals surface area contributed by atoms with Crippen molar-refractivity contribution >= 4 is 11.3 Å². The fraction of sp³-hybridized carbons (Fsp3) is 0.167. The van der Waals surface area contributed by atoms with E-state index in [2.05, 4.69) is 15.2 Å². The van der Waals surface area contributed by atoms with Gasteiger partial charge < -0.3 is 0 Å². The number of rotatable bonds is 1. The maximum Gasteiger partial charge on any atom is 0.217 e. The minimum Gasteiger partial charge on any atom is -0.278 e. The number of aryl methyl sites for hydroxylation is 1. The Hall–Kier alpha value is -1.23. The van der Waals surface area contributed by atoms with Crippen molar-refractivity contribution in [3.8, 4) is 5.13 Å². The summed E-state index contributed by atoms with van der Waals surface area (Å²) in [4.78, 5) is 4.07. The van der Waals surface area contributed by atoms with Crippen LogP contribution in [0.3, 0.4) is 0 Å². The lowest BCUT2D eigenvalue weighted by Gasteiger charge is -1.95. The Bertz CT molecular complexity index is 337. The third kappa shape index (κ3) is 1.03. The summed E-state index contributed by atoms with van der Waals surface area (Å²) in [6.45, 7) is 1.93. The summed E-state index contributed by atoms with van der Waals surface area (Å²) < 4.78 is 1.90. The topological polar surface area (TPSA) is 43.6 Å². The minimum atomic E-state index is 0.861. The summed E-state index contributed by atoms with van der Waals surface area (Å²) in [6.07, 6.45) is 3.62. The van der Waals surface area contributed by atoms with Crippen molar-refractivity contribution < 1.29 is 0 Å². The van der Waals surface area contributed by atoms with Crippen molar-refractivity contribution in [1.82, 2.24) is 19.7 Å². The normalized spacial score (nSPS) is 10.3. The van der Waals surface area contributed by atoms with Gasteiger partial charge in [-0.05, 0) is 6.92 Å². The van der Waals surface area contributed by atoms with Gasteiger partial charge in [0.1, 0.15) is 11.3 Å². The molecule has 2 rings (SSSR count). The zero-order chi connectivity index (χ0) is 7.68. The Kier molecular flexibility index (Phi) is 1.43. The zero-order valence-corrected chi connectivity index (χ0v) is 6.75. The van der Waals surface area contributed by atoms with Crippen LogP contribution in [0.25, 0.3) is 5.13 Å². The second-order valence-electron chi connectivity index (χ2n) is 2.07. The smallest absolute Gasteiger partial charge is 0.217 e. The molecule has 0 saturated heterocycles. The van der Waals surface area contributed by atoms with Gasteiger partial charge in [-0.15, -0.1) is 10.2 Å². The molecule has 0 atom stereocenters. The molecule has 0 aromatic carbocycles. The van der Waals surface area contributed by atoms with Crippen molar-refractivity contribution in [2.24, 2.45) is 0 Å². The Morgan fingerprint density at radius 3 is 3.00 bits per heavy atom. The van der Waals surface area contributed by atoms with Gasteiger partial charge in [-0.1, -0.05) is 11.3 Å². The number of imidazole rings is 1. The van der Waals surface area contributed by atoms with Crippen LogP contribution >= 0.6 is 11.3 Å². The van der Waals surface area contributed by atoms with Crippen molar-refractivity contribution in [1.29, 1.82) is 0 Å². The molecule has 2 aromatic rings. The van der Waals surface area contributed by atoms with E-state index < -0.39 is 0 Å². The lowest BCUT2D eigenvalue weighted by Crippen LogP contribution is -1.93. The highest BCUT2D eigenvalue weighted by Crippen LogP contribution is 2.10. The maximum atomic E-state index is 4.07. The van der Waals surface area contributed by atoms with Gasteiger partial charge in [0, 0.05) is 12.4 Å². The van der Waals surface area contributed by atoms with Gasteiger partial charge in [-0.25, -0.2) is 4.98 Å². The van der Waals surface area contributed by atoms with Crippen LogP contribution in [0.1, 0.15) is 5.82 Å². The van der Waals surface area contributed by atoms with Crippen LogP contribution in [0.2, 0.25) is 0 Å². The Morgan fingerprint density at radius 2 is 2.45 bits per heavy atom. The quantitative estimate of drug-likeness (QED) is 0.635. The highest BCUT2D eigenvalue weighted by Gasteiger charge is 2.01. The molecular formula is C6H6N4S. The molecule has 0 aliphatic rings. The summed E-state index contributed by atoms with van der Waals surface area (Å²) in [6, 6.07) is 0. The average molecular weight is 166 g/mol. The molecule has 5 heteroatoms. The molecule has 0 N–H and O–H groups in total. The van der Waals surface area contributed by atoms with Crippen molar-refractivity contribution in [3.63, 3.8) is 0 Å². The summed E-state index contributed by atoms with van der Waals surface area (Å²) in [7, 11) is 0. The minimum absolute atomic E-state index is 0.861. The molecule has 56 valence electrons. The summed E-state index contributed by atoms with van der Waals surface area (Å²) in [5.41, 5.74) is 1.70. The third-order valence-electron chi connectivity index (χ3n) is 1.38. The highest BCUT2D eigenvalue weighted by atomic mass is 32.1. The number of hydrogen-bond donors (Lipinski definition) is 0. The van der Waals surface area contributed by atoms with Crippen molar-refractivity contribution in [2.45, 2.75) is 6.92 Å². The Morgan fingerprint density at radius 1 is 1.55 bits per heavy atom. The number of hydrogen-bond acceptors (Lipinski definition) is 4. The van der Waals surface area contributed by atoms with E-state index in [-0.39, 0.29) is 0 Å². The first-order valence-corrected chi connectivity index (χ1v) is 4.02. The molecule has 0 aliphatic heterocycles. The van der Waals surface area contributed by atoms with Crippen molar-refractivity contribution in [2.75, 3.05) is 0 Å². The van der Waals surface area contributed by atoms with Gasteiger partial charge >= 0.3 is 0 Å². The Balaban J connectivity index is 2.53. The highest BCUT2D eigenvalue weighted by molar-refractivity contribution is 7.11. The van der Waals surface area contributed by atoms with E-state index in [1.807, 2.05) is 17.7 Å². The van der Waals surface area contributed by atoms with Gasteiger partial charge in [-0.2, -0.15) is 0 Å². The summed E-state index contributed by atoms with van der Waals surface area (Å²) >= 11 is 1.50. The lowest BCUT2D eigenvalue weighted by molar-refractivity contribution is 0.921. The second-order valence-corrected chi connectivity index (χ2v) is 2.88. The summed E-state index contributed by atoms with van der Waals surface area (Å²) in [5, 5.41) is 8.51. The molecular weight excluding hydrogens is 160 g/mol. The molecule has 0 unspecified atom stereocenters. The maximum absolute atomic E-state index is 4.07. The van der Waals surface area contributed by atoms with E-state index in [9.17, 15) is 0 Å². The first kappa shape index (κ1) is 6.48. The monoisotopic (exact) mass is 166 g/mol. The van der Waals surface area contributed by atoms with E-state index in [0.29, 0.717) is 0 Å². The van der Waals surface area contributed by atoms with Gasteiger partial charge in [0.2, 0.25) is 5.13 Å². The molecule has 0 radical (unpaired) electrons. The molecule has 0 aliphatic carbocycles. The number of aromatic nitrogens is 4. The van der Waals surface area contributed by atoms with Crippen LogP contribution in [0, 0.1) is 6.92 Å². The second kappa shape index (κ2) is 2.43. The van der Waals surface area contributed by atoms with Gasteiger partial charge in [-0.3, -0.25) is 4.57 Å². The predicted octanol–water partition coefficient (Wildman–Crippen LogP) is 1.03. The van der Waals surface area contributed by atoms with Crippen LogP contribution in [0.5, 0.6) is 0 Å². The van der Waals surface area contributed by atoms with E-state index in [1.165, 1.54) is 11.3 Å². The molecule has 0 saturated carbocycles. The first-order valence-electron chi connectivity index (χ1n) is 3.14. The average Bonchev–Trinajstić information content (AvgIpc) is 2.55. The van der Waals surface area contributed by atoms with Crippen LogP contribution < -0.4 is 0 Å². The lowest BCUT2D eigenvalue weighted by atomic mass is 10.7. The van der Waals surface area contributed by atoms with Crippen LogP contribution in [-0.2, 0) is 0 Å². The first-order chi connectivity index (χ1) is 5.38. The molecule has 2 aromatic heterocycles. The molecule has 0 fully saturated rings. The summed E-state index contributed by atoms with van der Waals surface area (Å²) in [5.74, 6) is 0.932. The molecule has 4 nitrogen and oxygen atoms in total. The van der Waals surface area contributed by atoms with E-state index in [4.69, 9.17) is 0 Å². The molecule has 11 heavy (non-hydrogen) atoms. The van der Waals surface area contributed by atoms with Crippen LogP contribution in [0.4, 0.5) is 0 Å². The van der Waals surface area contributed by atoms with Gasteiger partial charge in [0.05, 0.1) is 0 Å². The standard InChI is InChI=1S/C6H6N4S/c1-5-7-2-3-10(5)6-9-8-4-11-6/h2-4H,1H3. The SMILES string of the molecule is Cc1nccn1-c1nncs1. The third-order valence-corrected chi connectivity index (χ3v) is 2.07. The molecule has 0 amide bonds. The van der Waals surface area contributed by atoms with Crippen molar-refractivity contribution in [3.05, 3.63) is 23.7 Å². The largest absolute Gasteiger partial charge is 0.278 e. The zero-order valence-electron chi connectivity index (χ0n) is 5.93. The van der Waals surface area contributed by atoms with Crippen LogP contribution in [-0.4, -0.2) is 19.7 Å². The molecule has 2 heterocycles. The van der Waals surface area contributed by atoms with E-state index >= 15 is 0 Å². The van der Waals surface area contributed by atoms with E-state index in [1.54, 1.807) is 11.7 Å².